The summed E-state index contributed by atoms with van der Waals surface area (Å²) in [7, 11) is 1.69. The van der Waals surface area contributed by atoms with E-state index in [1.54, 1.807) is 7.11 Å². The van der Waals surface area contributed by atoms with E-state index in [-0.39, 0.29) is 0 Å². The van der Waals surface area contributed by atoms with Crippen LogP contribution in [0.2, 0.25) is 5.02 Å². The molecule has 2 aromatic carbocycles. The van der Waals surface area contributed by atoms with Crippen molar-refractivity contribution in [2.45, 2.75) is 31.3 Å². The monoisotopic (exact) mass is 436 g/mol. The van der Waals surface area contributed by atoms with Crippen molar-refractivity contribution < 1.29 is 4.74 Å². The van der Waals surface area contributed by atoms with Gasteiger partial charge in [-0.1, -0.05) is 11.6 Å². The van der Waals surface area contributed by atoms with Crippen molar-refractivity contribution in [3.63, 3.8) is 0 Å². The first-order valence-corrected chi connectivity index (χ1v) is 11.5. The van der Waals surface area contributed by atoms with Crippen LogP contribution >= 0.6 is 11.6 Å². The molecule has 31 heavy (non-hydrogen) atoms. The van der Waals surface area contributed by atoms with E-state index in [0.29, 0.717) is 12.1 Å². The molecule has 1 aliphatic carbocycles. The van der Waals surface area contributed by atoms with Crippen LogP contribution in [-0.2, 0) is 0 Å². The van der Waals surface area contributed by atoms with Crippen LogP contribution in [0.4, 0.5) is 5.69 Å². The summed E-state index contributed by atoms with van der Waals surface area (Å²) in [6.07, 6.45) is 5.78. The lowest BCUT2D eigenvalue weighted by Crippen LogP contribution is -2.49. The lowest BCUT2D eigenvalue weighted by Gasteiger charge is -2.39. The molecule has 2 aliphatic rings. The van der Waals surface area contributed by atoms with E-state index in [4.69, 9.17) is 21.4 Å². The van der Waals surface area contributed by atoms with Gasteiger partial charge in [0.15, 0.2) is 0 Å². The molecule has 6 heteroatoms. The largest absolute Gasteiger partial charge is 0.497 e. The van der Waals surface area contributed by atoms with Gasteiger partial charge in [0.25, 0.3) is 0 Å². The van der Waals surface area contributed by atoms with Gasteiger partial charge in [0, 0.05) is 54.7 Å². The van der Waals surface area contributed by atoms with Gasteiger partial charge in [-0.2, -0.15) is 5.10 Å². The van der Waals surface area contributed by atoms with Crippen LogP contribution < -0.4 is 9.64 Å². The number of nitrogens with zero attached hydrogens (tertiary/aromatic N) is 4. The maximum atomic E-state index is 6.03. The minimum Gasteiger partial charge on any atom is -0.497 e. The smallest absolute Gasteiger partial charge is 0.118 e. The Balaban J connectivity index is 1.17. The van der Waals surface area contributed by atoms with E-state index >= 15 is 0 Å². The Morgan fingerprint density at radius 3 is 2.29 bits per heavy atom. The second-order valence-electron chi connectivity index (χ2n) is 8.53. The molecule has 5 nitrogen and oxygen atoms in total. The van der Waals surface area contributed by atoms with Gasteiger partial charge < -0.3 is 9.64 Å². The number of piperazine rings is 1. The molecule has 1 aliphatic heterocycles. The summed E-state index contributed by atoms with van der Waals surface area (Å²) in [6.45, 7) is 4.39. The van der Waals surface area contributed by atoms with Crippen molar-refractivity contribution in [1.29, 1.82) is 0 Å². The summed E-state index contributed by atoms with van der Waals surface area (Å²) < 4.78 is 7.44. The van der Waals surface area contributed by atoms with Crippen LogP contribution in [0.25, 0.3) is 11.3 Å². The molecule has 0 radical (unpaired) electrons. The molecule has 0 spiro atoms. The van der Waals surface area contributed by atoms with Gasteiger partial charge in [-0.05, 0) is 73.9 Å². The van der Waals surface area contributed by atoms with E-state index in [0.717, 1.165) is 48.2 Å². The molecular weight excluding hydrogens is 408 g/mol. The number of hydrogen-bond acceptors (Lipinski definition) is 4. The predicted molar refractivity (Wildman–Crippen MR) is 126 cm³/mol. The topological polar surface area (TPSA) is 33.5 Å². The zero-order valence-electron chi connectivity index (χ0n) is 18.0. The average molecular weight is 437 g/mol. The lowest BCUT2D eigenvalue weighted by molar-refractivity contribution is 0.183. The van der Waals surface area contributed by atoms with Crippen LogP contribution in [0.3, 0.4) is 0 Å². The predicted octanol–water partition coefficient (Wildman–Crippen LogP) is 5.13. The Morgan fingerprint density at radius 2 is 1.58 bits per heavy atom. The zero-order chi connectivity index (χ0) is 21.2. The Labute approximate surface area is 189 Å². The molecule has 2 fully saturated rings. The summed E-state index contributed by atoms with van der Waals surface area (Å²) in [5, 5.41) is 5.69. The molecule has 2 heterocycles. The summed E-state index contributed by atoms with van der Waals surface area (Å²) >= 11 is 6.03. The molecule has 1 saturated heterocycles. The number of halogens is 1. The Morgan fingerprint density at radius 1 is 0.871 bits per heavy atom. The number of anilines is 1. The highest BCUT2D eigenvalue weighted by Crippen LogP contribution is 2.34. The maximum absolute atomic E-state index is 6.03. The standard InChI is InChI=1S/C25H29ClN4O/c1-31-24-10-2-19(3-11-24)25-12-13-30(27-25)23-9-8-22(18-23)29-16-14-28(15-17-29)21-6-4-20(26)5-7-21/h2-7,10-13,22-23H,8-9,14-18H2,1H3/t22-,23-/m0/s1. The normalized spacial score (nSPS) is 22.1. The molecule has 0 bridgehead atoms. The molecule has 0 amide bonds. The molecule has 1 saturated carbocycles. The van der Waals surface area contributed by atoms with Gasteiger partial charge in [0.2, 0.25) is 0 Å². The number of methoxy groups -OCH3 is 1. The second kappa shape index (κ2) is 8.93. The maximum Gasteiger partial charge on any atom is 0.118 e. The summed E-state index contributed by atoms with van der Waals surface area (Å²) in [5.74, 6) is 0.873. The van der Waals surface area contributed by atoms with Gasteiger partial charge in [-0.3, -0.25) is 9.58 Å². The van der Waals surface area contributed by atoms with E-state index < -0.39 is 0 Å². The van der Waals surface area contributed by atoms with Gasteiger partial charge in [0.1, 0.15) is 5.75 Å². The first-order valence-electron chi connectivity index (χ1n) is 11.1. The summed E-state index contributed by atoms with van der Waals surface area (Å²) in [5.41, 5.74) is 3.44. The van der Waals surface area contributed by atoms with Crippen LogP contribution in [0.1, 0.15) is 25.3 Å². The molecule has 0 N–H and O–H groups in total. The van der Waals surface area contributed by atoms with E-state index in [1.165, 1.54) is 24.9 Å². The van der Waals surface area contributed by atoms with Crippen LogP contribution in [0.5, 0.6) is 5.75 Å². The molecule has 3 aromatic rings. The highest BCUT2D eigenvalue weighted by atomic mass is 35.5. The van der Waals surface area contributed by atoms with Crippen molar-refractivity contribution in [3.05, 3.63) is 65.8 Å². The van der Waals surface area contributed by atoms with E-state index in [9.17, 15) is 0 Å². The SMILES string of the molecule is COc1ccc(-c2ccn([C@H]3CC[C@H](N4CCN(c5ccc(Cl)cc5)CC4)C3)n2)cc1. The molecule has 162 valence electrons. The summed E-state index contributed by atoms with van der Waals surface area (Å²) in [4.78, 5) is 5.15. The molecule has 5 rings (SSSR count). The number of hydrogen-bond donors (Lipinski definition) is 0. The fraction of sp³-hybridized carbons (Fsp3) is 0.400. The van der Waals surface area contributed by atoms with Gasteiger partial charge in [0.05, 0.1) is 18.8 Å². The minimum absolute atomic E-state index is 0.492. The molecule has 1 aromatic heterocycles. The van der Waals surface area contributed by atoms with Crippen molar-refractivity contribution in [2.75, 3.05) is 38.2 Å². The van der Waals surface area contributed by atoms with E-state index in [1.807, 2.05) is 24.3 Å². The van der Waals surface area contributed by atoms with Crippen molar-refractivity contribution in [3.8, 4) is 17.0 Å². The number of aromatic nitrogens is 2. The van der Waals surface area contributed by atoms with Crippen molar-refractivity contribution in [2.24, 2.45) is 0 Å². The summed E-state index contributed by atoms with van der Waals surface area (Å²) in [6, 6.07) is 19.6. The number of benzene rings is 2. The fourth-order valence-corrected chi connectivity index (χ4v) is 5.09. The molecule has 0 unspecified atom stereocenters. The third kappa shape index (κ3) is 4.43. The van der Waals surface area contributed by atoms with Crippen LogP contribution in [-0.4, -0.2) is 54.0 Å². The number of rotatable bonds is 5. The third-order valence-electron chi connectivity index (χ3n) is 6.77. The molecule has 2 atom stereocenters. The Bertz CT molecular complexity index is 993. The van der Waals surface area contributed by atoms with Gasteiger partial charge in [-0.15, -0.1) is 0 Å². The first-order chi connectivity index (χ1) is 15.2. The zero-order valence-corrected chi connectivity index (χ0v) is 18.7. The van der Waals surface area contributed by atoms with Crippen molar-refractivity contribution >= 4 is 17.3 Å². The highest BCUT2D eigenvalue weighted by Gasteiger charge is 2.32. The Kier molecular flexibility index (Phi) is 5.88. The quantitative estimate of drug-likeness (QED) is 0.555. The Hall–Kier alpha value is -2.50. The lowest BCUT2D eigenvalue weighted by atomic mass is 10.1. The highest BCUT2D eigenvalue weighted by molar-refractivity contribution is 6.30. The first kappa shape index (κ1) is 20.4. The minimum atomic E-state index is 0.492. The third-order valence-corrected chi connectivity index (χ3v) is 7.02. The van der Waals surface area contributed by atoms with Crippen molar-refractivity contribution in [1.82, 2.24) is 14.7 Å². The van der Waals surface area contributed by atoms with Gasteiger partial charge in [-0.25, -0.2) is 0 Å². The second-order valence-corrected chi connectivity index (χ2v) is 8.97. The molecular formula is C25H29ClN4O. The van der Waals surface area contributed by atoms with Gasteiger partial charge >= 0.3 is 0 Å². The average Bonchev–Trinajstić information content (AvgIpc) is 3.50. The fourth-order valence-electron chi connectivity index (χ4n) is 4.96. The van der Waals surface area contributed by atoms with Crippen LogP contribution in [0.15, 0.2) is 60.8 Å². The van der Waals surface area contributed by atoms with Crippen LogP contribution in [0, 0.1) is 0 Å². The van der Waals surface area contributed by atoms with E-state index in [2.05, 4.69) is 51.0 Å². The number of ether oxygens (including phenoxy) is 1.